The van der Waals surface area contributed by atoms with Gasteiger partial charge in [-0.3, -0.25) is 4.79 Å². The normalized spacial score (nSPS) is 14.6. The Hall–Kier alpha value is -1.36. The molecular weight excluding hydrogens is 274 g/mol. The van der Waals surface area contributed by atoms with Gasteiger partial charge in [-0.2, -0.15) is 0 Å². The van der Waals surface area contributed by atoms with Gasteiger partial charge in [0, 0.05) is 4.88 Å². The summed E-state index contributed by atoms with van der Waals surface area (Å²) in [5.74, 6) is -0.0461. The number of hydrogen-bond acceptors (Lipinski definition) is 4. The fourth-order valence-electron chi connectivity index (χ4n) is 2.18. The molecule has 0 saturated heterocycles. The second kappa shape index (κ2) is 5.95. The summed E-state index contributed by atoms with van der Waals surface area (Å²) in [5.41, 5.74) is 0.761. The molecule has 5 heteroatoms. The maximum absolute atomic E-state index is 12.1. The monoisotopic (exact) mass is 295 g/mol. The number of fused-ring (bicyclic) bond motifs is 1. The van der Waals surface area contributed by atoms with Crippen molar-refractivity contribution < 1.29 is 14.3 Å². The molecule has 1 aromatic rings. The number of hydrogen-bond donors (Lipinski definition) is 1. The molecule has 1 aliphatic carbocycles. The highest BCUT2D eigenvalue weighted by atomic mass is 32.1. The van der Waals surface area contributed by atoms with Crippen molar-refractivity contribution in [3.8, 4) is 0 Å². The van der Waals surface area contributed by atoms with E-state index in [0.717, 1.165) is 17.7 Å². The maximum Gasteiger partial charge on any atom is 0.408 e. The van der Waals surface area contributed by atoms with Crippen molar-refractivity contribution >= 4 is 23.2 Å². The molecule has 4 nitrogen and oxygen atoms in total. The molecule has 0 aliphatic heterocycles. The van der Waals surface area contributed by atoms with Crippen molar-refractivity contribution in [2.75, 3.05) is 6.54 Å². The highest BCUT2D eigenvalue weighted by Crippen LogP contribution is 2.29. The van der Waals surface area contributed by atoms with Crippen LogP contribution in [-0.4, -0.2) is 24.0 Å². The third-order valence-electron chi connectivity index (χ3n) is 3.06. The van der Waals surface area contributed by atoms with Crippen molar-refractivity contribution in [3.63, 3.8) is 0 Å². The minimum absolute atomic E-state index is 0.00565. The minimum atomic E-state index is -0.549. The summed E-state index contributed by atoms with van der Waals surface area (Å²) in [7, 11) is 0. The number of carbonyl (C=O) groups excluding carboxylic acids is 2. The first-order chi connectivity index (χ1) is 9.35. The molecule has 0 aromatic carbocycles. The molecule has 110 valence electrons. The molecule has 0 atom stereocenters. The van der Waals surface area contributed by atoms with Crippen LogP contribution in [0.4, 0.5) is 4.79 Å². The fraction of sp³-hybridized carbons (Fsp3) is 0.600. The summed E-state index contributed by atoms with van der Waals surface area (Å²) in [6.45, 7) is 5.37. The predicted molar refractivity (Wildman–Crippen MR) is 79.5 cm³/mol. The molecule has 0 fully saturated rings. The lowest BCUT2D eigenvalue weighted by Gasteiger charge is -2.19. The van der Waals surface area contributed by atoms with Crippen LogP contribution < -0.4 is 5.32 Å². The minimum Gasteiger partial charge on any atom is -0.444 e. The second-order valence-corrected chi connectivity index (χ2v) is 7.18. The predicted octanol–water partition coefficient (Wildman–Crippen LogP) is 3.33. The van der Waals surface area contributed by atoms with Gasteiger partial charge < -0.3 is 10.1 Å². The molecule has 2 rings (SSSR count). The number of aryl methyl sites for hydroxylation is 2. The Morgan fingerprint density at radius 2 is 2.00 bits per heavy atom. The van der Waals surface area contributed by atoms with Crippen molar-refractivity contribution in [1.29, 1.82) is 0 Å². The molecule has 1 aliphatic rings. The molecule has 0 radical (unpaired) electrons. The zero-order valence-electron chi connectivity index (χ0n) is 12.2. The molecule has 20 heavy (non-hydrogen) atoms. The molecule has 0 spiro atoms. The largest absolute Gasteiger partial charge is 0.444 e. The zero-order chi connectivity index (χ0) is 14.8. The fourth-order valence-corrected chi connectivity index (χ4v) is 3.37. The zero-order valence-corrected chi connectivity index (χ0v) is 13.1. The highest BCUT2D eigenvalue weighted by molar-refractivity contribution is 7.14. The quantitative estimate of drug-likeness (QED) is 0.870. The number of carbonyl (C=O) groups is 2. The molecule has 1 heterocycles. The van der Waals surface area contributed by atoms with Crippen LogP contribution in [0.25, 0.3) is 0 Å². The van der Waals surface area contributed by atoms with Crippen molar-refractivity contribution in [2.24, 2.45) is 0 Å². The van der Waals surface area contributed by atoms with Crippen LogP contribution in [0.15, 0.2) is 6.07 Å². The number of nitrogens with one attached hydrogen (secondary N) is 1. The molecule has 0 bridgehead atoms. The van der Waals surface area contributed by atoms with E-state index in [0.29, 0.717) is 0 Å². The molecule has 1 N–H and O–H groups in total. The van der Waals surface area contributed by atoms with E-state index < -0.39 is 11.7 Å². The third-order valence-corrected chi connectivity index (χ3v) is 4.34. The van der Waals surface area contributed by atoms with Crippen LogP contribution in [-0.2, 0) is 17.6 Å². The number of Topliss-reactive ketones (excluding diaryl/α,β-unsaturated/α-hetero) is 1. The topological polar surface area (TPSA) is 55.4 Å². The van der Waals surface area contributed by atoms with E-state index in [2.05, 4.69) is 5.32 Å². The van der Waals surface area contributed by atoms with Gasteiger partial charge in [-0.05, 0) is 58.1 Å². The first-order valence-corrected chi connectivity index (χ1v) is 7.78. The maximum atomic E-state index is 12.1. The SMILES string of the molecule is CC(C)(C)OC(=O)NCC(=O)c1cc2c(s1)CCCC2. The standard InChI is InChI=1S/C15H21NO3S/c1-15(2,3)19-14(18)16-9-11(17)13-8-10-6-4-5-7-12(10)20-13/h8H,4-7,9H2,1-3H3,(H,16,18). The Bertz CT molecular complexity index is 490. The molecule has 1 aromatic heterocycles. The van der Waals surface area contributed by atoms with Gasteiger partial charge >= 0.3 is 6.09 Å². The Labute approximate surface area is 123 Å². The number of rotatable bonds is 3. The van der Waals surface area contributed by atoms with Crippen LogP contribution >= 0.6 is 11.3 Å². The Morgan fingerprint density at radius 3 is 2.65 bits per heavy atom. The van der Waals surface area contributed by atoms with E-state index in [1.807, 2.05) is 6.07 Å². The molecule has 0 saturated carbocycles. The van der Waals surface area contributed by atoms with Crippen LogP contribution in [0.5, 0.6) is 0 Å². The number of ketones is 1. The van der Waals surface area contributed by atoms with E-state index in [-0.39, 0.29) is 12.3 Å². The summed E-state index contributed by atoms with van der Waals surface area (Å²) in [6.07, 6.45) is 4.00. The first kappa shape index (κ1) is 15.0. The first-order valence-electron chi connectivity index (χ1n) is 6.97. The Balaban J connectivity index is 1.89. The Kier molecular flexibility index (Phi) is 4.48. The van der Waals surface area contributed by atoms with E-state index >= 15 is 0 Å². The summed E-state index contributed by atoms with van der Waals surface area (Å²) in [5, 5.41) is 2.51. The smallest absolute Gasteiger partial charge is 0.408 e. The average molecular weight is 295 g/mol. The highest BCUT2D eigenvalue weighted by Gasteiger charge is 2.19. The average Bonchev–Trinajstić information content (AvgIpc) is 2.77. The summed E-state index contributed by atoms with van der Waals surface area (Å²) in [6, 6.07) is 1.98. The van der Waals surface area contributed by atoms with Crippen molar-refractivity contribution in [3.05, 3.63) is 21.4 Å². The van der Waals surface area contributed by atoms with Crippen LogP contribution in [0, 0.1) is 0 Å². The molecular formula is C15H21NO3S. The number of alkyl carbamates (subject to hydrolysis) is 1. The van der Waals surface area contributed by atoms with Gasteiger partial charge in [-0.1, -0.05) is 0 Å². The molecule has 0 unspecified atom stereocenters. The lowest BCUT2D eigenvalue weighted by atomic mass is 9.99. The van der Waals surface area contributed by atoms with Crippen LogP contribution in [0.1, 0.15) is 53.7 Å². The van der Waals surface area contributed by atoms with Crippen molar-refractivity contribution in [2.45, 2.75) is 52.1 Å². The van der Waals surface area contributed by atoms with Crippen molar-refractivity contribution in [1.82, 2.24) is 5.32 Å². The van der Waals surface area contributed by atoms with Crippen LogP contribution in [0.2, 0.25) is 0 Å². The lowest BCUT2D eigenvalue weighted by Crippen LogP contribution is -2.35. The molecule has 1 amide bonds. The number of amides is 1. The van der Waals surface area contributed by atoms with E-state index in [1.165, 1.54) is 23.3 Å². The van der Waals surface area contributed by atoms with Gasteiger partial charge in [0.1, 0.15) is 5.60 Å². The third kappa shape index (κ3) is 4.07. The van der Waals surface area contributed by atoms with Gasteiger partial charge in [-0.15, -0.1) is 11.3 Å². The summed E-state index contributed by atoms with van der Waals surface area (Å²) < 4.78 is 5.11. The van der Waals surface area contributed by atoms with Gasteiger partial charge in [0.15, 0.2) is 5.78 Å². The summed E-state index contributed by atoms with van der Waals surface area (Å²) in [4.78, 5) is 25.7. The van der Waals surface area contributed by atoms with Gasteiger partial charge in [0.2, 0.25) is 0 Å². The van der Waals surface area contributed by atoms with Gasteiger partial charge in [0.05, 0.1) is 11.4 Å². The summed E-state index contributed by atoms with van der Waals surface area (Å²) >= 11 is 1.57. The van der Waals surface area contributed by atoms with E-state index in [1.54, 1.807) is 32.1 Å². The van der Waals surface area contributed by atoms with Gasteiger partial charge in [-0.25, -0.2) is 4.79 Å². The van der Waals surface area contributed by atoms with E-state index in [4.69, 9.17) is 4.74 Å². The number of thiophene rings is 1. The Morgan fingerprint density at radius 1 is 1.30 bits per heavy atom. The van der Waals surface area contributed by atoms with Crippen LogP contribution in [0.3, 0.4) is 0 Å². The van der Waals surface area contributed by atoms with Gasteiger partial charge in [0.25, 0.3) is 0 Å². The second-order valence-electron chi connectivity index (χ2n) is 6.04. The lowest BCUT2D eigenvalue weighted by molar-refractivity contribution is 0.0520. The number of ether oxygens (including phenoxy) is 1. The van der Waals surface area contributed by atoms with E-state index in [9.17, 15) is 9.59 Å².